The highest BCUT2D eigenvalue weighted by molar-refractivity contribution is 5.96. The average Bonchev–Trinajstić information content (AvgIpc) is 2.82. The first-order valence-corrected chi connectivity index (χ1v) is 10.7. The molecule has 1 saturated heterocycles. The Kier molecular flexibility index (Phi) is 6.79. The third-order valence-corrected chi connectivity index (χ3v) is 5.46. The van der Waals surface area contributed by atoms with Gasteiger partial charge in [0.2, 0.25) is 5.91 Å². The Labute approximate surface area is 183 Å². The van der Waals surface area contributed by atoms with E-state index in [0.29, 0.717) is 18.0 Å². The maximum absolute atomic E-state index is 13.5. The number of carbonyl (C=O) groups excluding carboxylic acids is 1. The van der Waals surface area contributed by atoms with Gasteiger partial charge in [-0.05, 0) is 36.8 Å². The smallest absolute Gasteiger partial charge is 0.246 e. The van der Waals surface area contributed by atoms with E-state index in [1.807, 2.05) is 85.9 Å². The van der Waals surface area contributed by atoms with Crippen molar-refractivity contribution in [3.63, 3.8) is 0 Å². The molecule has 1 aromatic heterocycles. The summed E-state index contributed by atoms with van der Waals surface area (Å²) in [5.41, 5.74) is 1.68. The second-order valence-corrected chi connectivity index (χ2v) is 7.44. The number of piperazine rings is 1. The van der Waals surface area contributed by atoms with E-state index in [2.05, 4.69) is 20.1 Å². The third-order valence-electron chi connectivity index (χ3n) is 5.46. The lowest BCUT2D eigenvalue weighted by molar-refractivity contribution is -0.121. The van der Waals surface area contributed by atoms with Gasteiger partial charge in [-0.3, -0.25) is 9.69 Å². The van der Waals surface area contributed by atoms with E-state index in [1.165, 1.54) is 0 Å². The molecule has 4 rings (SSSR count). The first-order valence-electron chi connectivity index (χ1n) is 10.7. The van der Waals surface area contributed by atoms with Crippen molar-refractivity contribution in [3.05, 3.63) is 84.6 Å². The Morgan fingerprint density at radius 2 is 1.68 bits per heavy atom. The van der Waals surface area contributed by atoms with Gasteiger partial charge < -0.3 is 15.0 Å². The fourth-order valence-electron chi connectivity index (χ4n) is 3.97. The van der Waals surface area contributed by atoms with Crippen LogP contribution in [0.1, 0.15) is 18.5 Å². The minimum Gasteiger partial charge on any atom is -0.492 e. The number of hydrogen-bond acceptors (Lipinski definition) is 5. The number of nitrogens with zero attached hydrogens (tertiary/aromatic N) is 3. The molecule has 0 spiro atoms. The van der Waals surface area contributed by atoms with Crippen LogP contribution in [0.3, 0.4) is 0 Å². The van der Waals surface area contributed by atoms with Gasteiger partial charge in [-0.25, -0.2) is 4.98 Å². The molecule has 3 aromatic rings. The Hall–Kier alpha value is -3.38. The molecule has 1 aliphatic rings. The van der Waals surface area contributed by atoms with Gasteiger partial charge in [-0.2, -0.15) is 0 Å². The van der Waals surface area contributed by atoms with E-state index in [1.54, 1.807) is 0 Å². The number of para-hydroxylation sites is 2. The first-order chi connectivity index (χ1) is 15.3. The Balaban J connectivity index is 1.53. The lowest BCUT2D eigenvalue weighted by Gasteiger charge is -2.39. The molecule has 0 radical (unpaired) electrons. The third kappa shape index (κ3) is 5.03. The molecule has 160 valence electrons. The number of amides is 1. The summed E-state index contributed by atoms with van der Waals surface area (Å²) < 4.78 is 5.69. The average molecular weight is 417 g/mol. The maximum atomic E-state index is 13.5. The second-order valence-electron chi connectivity index (χ2n) is 7.44. The number of nitrogens with one attached hydrogen (secondary N) is 1. The predicted octanol–water partition coefficient (Wildman–Crippen LogP) is 3.98. The molecule has 1 fully saturated rings. The zero-order chi connectivity index (χ0) is 21.5. The van der Waals surface area contributed by atoms with Crippen LogP contribution in [0.15, 0.2) is 79.0 Å². The fraction of sp³-hybridized carbons (Fsp3) is 0.280. The van der Waals surface area contributed by atoms with Crippen LogP contribution in [0, 0.1) is 0 Å². The summed E-state index contributed by atoms with van der Waals surface area (Å²) in [6, 6.07) is 23.1. The van der Waals surface area contributed by atoms with E-state index >= 15 is 0 Å². The van der Waals surface area contributed by atoms with Crippen molar-refractivity contribution in [1.82, 2.24) is 9.88 Å². The SMILES string of the molecule is CCOc1ccccc1NC(=O)C(c1ccccc1)N1CCN(c2ccccn2)CC1. The highest BCUT2D eigenvalue weighted by atomic mass is 16.5. The lowest BCUT2D eigenvalue weighted by atomic mass is 10.0. The summed E-state index contributed by atoms with van der Waals surface area (Å²) in [5, 5.41) is 3.10. The largest absolute Gasteiger partial charge is 0.492 e. The Morgan fingerprint density at radius 3 is 2.39 bits per heavy atom. The van der Waals surface area contributed by atoms with Gasteiger partial charge in [0.05, 0.1) is 12.3 Å². The molecule has 1 N–H and O–H groups in total. The van der Waals surface area contributed by atoms with Crippen LogP contribution in [0.25, 0.3) is 0 Å². The summed E-state index contributed by atoms with van der Waals surface area (Å²) in [7, 11) is 0. The number of carbonyl (C=O) groups is 1. The topological polar surface area (TPSA) is 57.7 Å². The van der Waals surface area contributed by atoms with E-state index in [9.17, 15) is 4.79 Å². The monoisotopic (exact) mass is 416 g/mol. The molecule has 2 heterocycles. The summed E-state index contributed by atoms with van der Waals surface area (Å²) in [6.07, 6.45) is 1.82. The molecule has 1 aliphatic heterocycles. The molecular weight excluding hydrogens is 388 g/mol. The molecule has 6 nitrogen and oxygen atoms in total. The maximum Gasteiger partial charge on any atom is 0.246 e. The predicted molar refractivity (Wildman–Crippen MR) is 123 cm³/mol. The summed E-state index contributed by atoms with van der Waals surface area (Å²) in [5.74, 6) is 1.61. The van der Waals surface area contributed by atoms with E-state index in [-0.39, 0.29) is 11.9 Å². The summed E-state index contributed by atoms with van der Waals surface area (Å²) >= 11 is 0. The van der Waals surface area contributed by atoms with Gasteiger partial charge in [0.1, 0.15) is 17.6 Å². The molecule has 2 aromatic carbocycles. The highest BCUT2D eigenvalue weighted by Crippen LogP contribution is 2.28. The number of benzene rings is 2. The Bertz CT molecular complexity index is 973. The van der Waals surface area contributed by atoms with Crippen molar-refractivity contribution < 1.29 is 9.53 Å². The number of rotatable bonds is 7. The quantitative estimate of drug-likeness (QED) is 0.631. The normalized spacial score (nSPS) is 15.3. The number of anilines is 2. The number of aromatic nitrogens is 1. The van der Waals surface area contributed by atoms with Crippen LogP contribution in [0.5, 0.6) is 5.75 Å². The van der Waals surface area contributed by atoms with Crippen molar-refractivity contribution in [2.45, 2.75) is 13.0 Å². The standard InChI is InChI=1S/C25H28N4O2/c1-2-31-22-13-7-6-12-21(22)27-25(30)24(20-10-4-3-5-11-20)29-18-16-28(17-19-29)23-14-8-9-15-26-23/h3-15,24H,2,16-19H2,1H3,(H,27,30). The summed E-state index contributed by atoms with van der Waals surface area (Å²) in [6.45, 7) is 5.68. The van der Waals surface area contributed by atoms with Crippen molar-refractivity contribution in [3.8, 4) is 5.75 Å². The van der Waals surface area contributed by atoms with Gasteiger partial charge in [-0.1, -0.05) is 48.5 Å². The lowest BCUT2D eigenvalue weighted by Crippen LogP contribution is -2.50. The van der Waals surface area contributed by atoms with E-state index in [0.717, 1.165) is 37.6 Å². The first kappa shape index (κ1) is 20.9. The van der Waals surface area contributed by atoms with E-state index < -0.39 is 0 Å². The van der Waals surface area contributed by atoms with E-state index in [4.69, 9.17) is 4.74 Å². The zero-order valence-electron chi connectivity index (χ0n) is 17.8. The molecule has 1 atom stereocenters. The number of hydrogen-bond donors (Lipinski definition) is 1. The van der Waals surface area contributed by atoms with Gasteiger partial charge in [0.25, 0.3) is 0 Å². The Morgan fingerprint density at radius 1 is 0.968 bits per heavy atom. The molecule has 1 unspecified atom stereocenters. The minimum absolute atomic E-state index is 0.0513. The van der Waals surface area contributed by atoms with Gasteiger partial charge in [-0.15, -0.1) is 0 Å². The molecule has 1 amide bonds. The molecule has 31 heavy (non-hydrogen) atoms. The molecular formula is C25H28N4O2. The van der Waals surface area contributed by atoms with Crippen molar-refractivity contribution in [2.24, 2.45) is 0 Å². The van der Waals surface area contributed by atoms with Crippen LogP contribution < -0.4 is 15.0 Å². The molecule has 0 aliphatic carbocycles. The molecule has 0 bridgehead atoms. The van der Waals surface area contributed by atoms with Crippen LogP contribution in [0.2, 0.25) is 0 Å². The molecule has 0 saturated carbocycles. The second kappa shape index (κ2) is 10.1. The van der Waals surface area contributed by atoms with Crippen molar-refractivity contribution in [2.75, 3.05) is 43.0 Å². The van der Waals surface area contributed by atoms with Crippen LogP contribution in [-0.4, -0.2) is 48.6 Å². The van der Waals surface area contributed by atoms with Crippen LogP contribution in [0.4, 0.5) is 11.5 Å². The van der Waals surface area contributed by atoms with Crippen molar-refractivity contribution >= 4 is 17.4 Å². The fourth-order valence-corrected chi connectivity index (χ4v) is 3.97. The zero-order valence-corrected chi connectivity index (χ0v) is 17.8. The van der Waals surface area contributed by atoms with Gasteiger partial charge >= 0.3 is 0 Å². The minimum atomic E-state index is -0.373. The summed E-state index contributed by atoms with van der Waals surface area (Å²) in [4.78, 5) is 22.5. The number of ether oxygens (including phenoxy) is 1. The van der Waals surface area contributed by atoms with Gasteiger partial charge in [0.15, 0.2) is 0 Å². The number of pyridine rings is 1. The molecule has 6 heteroatoms. The highest BCUT2D eigenvalue weighted by Gasteiger charge is 2.31. The van der Waals surface area contributed by atoms with Crippen LogP contribution >= 0.6 is 0 Å². The van der Waals surface area contributed by atoms with Crippen molar-refractivity contribution in [1.29, 1.82) is 0 Å². The van der Waals surface area contributed by atoms with Crippen LogP contribution in [-0.2, 0) is 4.79 Å². The van der Waals surface area contributed by atoms with Gasteiger partial charge in [0, 0.05) is 32.4 Å².